The molecular formula is C18H21N3O2. The number of hydrogen-bond acceptors (Lipinski definition) is 3. The Kier molecular flexibility index (Phi) is 5.20. The van der Waals surface area contributed by atoms with Crippen molar-refractivity contribution >= 4 is 5.97 Å². The Balaban J connectivity index is 2.58. The van der Waals surface area contributed by atoms with Crippen molar-refractivity contribution < 1.29 is 9.90 Å². The predicted octanol–water partition coefficient (Wildman–Crippen LogP) is 2.59. The summed E-state index contributed by atoms with van der Waals surface area (Å²) in [6.45, 7) is 2.81. The molecule has 120 valence electrons. The van der Waals surface area contributed by atoms with E-state index in [-0.39, 0.29) is 5.69 Å². The van der Waals surface area contributed by atoms with Gasteiger partial charge in [0, 0.05) is 18.3 Å². The van der Waals surface area contributed by atoms with Crippen molar-refractivity contribution in [1.82, 2.24) is 9.88 Å². The summed E-state index contributed by atoms with van der Waals surface area (Å²) in [5.41, 5.74) is 3.82. The van der Waals surface area contributed by atoms with Crippen molar-refractivity contribution in [2.45, 2.75) is 19.8 Å². The third-order valence-corrected chi connectivity index (χ3v) is 4.07. The molecule has 2 rings (SSSR count). The van der Waals surface area contributed by atoms with Crippen LogP contribution < -0.4 is 5.32 Å². The second-order valence-corrected chi connectivity index (χ2v) is 5.43. The number of likely N-dealkylation sites (N-methyl/N-ethyl adjacent to an activating group) is 1. The second-order valence-electron chi connectivity index (χ2n) is 5.43. The van der Waals surface area contributed by atoms with E-state index in [0.29, 0.717) is 17.5 Å². The van der Waals surface area contributed by atoms with Gasteiger partial charge in [-0.2, -0.15) is 5.26 Å². The number of benzene rings is 1. The van der Waals surface area contributed by atoms with E-state index in [1.54, 1.807) is 11.6 Å². The molecule has 1 heterocycles. The van der Waals surface area contributed by atoms with E-state index in [4.69, 9.17) is 0 Å². The Morgan fingerprint density at radius 1 is 1.35 bits per heavy atom. The van der Waals surface area contributed by atoms with Crippen LogP contribution in [0, 0.1) is 11.3 Å². The summed E-state index contributed by atoms with van der Waals surface area (Å²) in [6, 6.07) is 9.94. The second kappa shape index (κ2) is 7.12. The van der Waals surface area contributed by atoms with E-state index < -0.39 is 5.97 Å². The van der Waals surface area contributed by atoms with Gasteiger partial charge in [0.25, 0.3) is 0 Å². The number of nitrogens with zero attached hydrogens (tertiary/aromatic N) is 2. The van der Waals surface area contributed by atoms with Gasteiger partial charge in [0.15, 0.2) is 0 Å². The van der Waals surface area contributed by atoms with Gasteiger partial charge in [-0.3, -0.25) is 0 Å². The zero-order valence-electron chi connectivity index (χ0n) is 13.7. The number of carboxylic acid groups (broad SMARTS) is 1. The van der Waals surface area contributed by atoms with Crippen LogP contribution in [0.4, 0.5) is 0 Å². The van der Waals surface area contributed by atoms with Crippen LogP contribution in [0.2, 0.25) is 0 Å². The topological polar surface area (TPSA) is 78.1 Å². The maximum Gasteiger partial charge on any atom is 0.353 e. The summed E-state index contributed by atoms with van der Waals surface area (Å²) < 4.78 is 1.62. The first kappa shape index (κ1) is 16.8. The molecule has 5 heteroatoms. The SMILES string of the molecule is CCc1c(C#N)c(-c2ccc(CCNC)cc2)c(C(=O)O)n1C. The lowest BCUT2D eigenvalue weighted by Gasteiger charge is -2.06. The number of nitrogens with one attached hydrogen (secondary N) is 1. The van der Waals surface area contributed by atoms with Gasteiger partial charge in [0.05, 0.1) is 5.56 Å². The molecule has 2 aromatic rings. The van der Waals surface area contributed by atoms with Crippen LogP contribution in [0.15, 0.2) is 24.3 Å². The van der Waals surface area contributed by atoms with Crippen molar-refractivity contribution in [1.29, 1.82) is 5.26 Å². The maximum absolute atomic E-state index is 11.7. The van der Waals surface area contributed by atoms with Gasteiger partial charge in [0.1, 0.15) is 11.8 Å². The fourth-order valence-electron chi connectivity index (χ4n) is 2.91. The van der Waals surface area contributed by atoms with E-state index in [9.17, 15) is 15.2 Å². The molecule has 1 aromatic heterocycles. The lowest BCUT2D eigenvalue weighted by Crippen LogP contribution is -2.10. The molecule has 2 N–H and O–H groups in total. The van der Waals surface area contributed by atoms with Gasteiger partial charge >= 0.3 is 5.97 Å². The molecule has 0 saturated heterocycles. The van der Waals surface area contributed by atoms with Gasteiger partial charge in [-0.1, -0.05) is 31.2 Å². The first-order chi connectivity index (χ1) is 11.0. The average molecular weight is 311 g/mol. The highest BCUT2D eigenvalue weighted by Gasteiger charge is 2.25. The van der Waals surface area contributed by atoms with Crippen LogP contribution in [0.3, 0.4) is 0 Å². The Morgan fingerprint density at radius 3 is 2.48 bits per heavy atom. The van der Waals surface area contributed by atoms with E-state index in [1.165, 1.54) is 5.56 Å². The molecule has 0 amide bonds. The summed E-state index contributed by atoms with van der Waals surface area (Å²) in [5.74, 6) is -1.02. The van der Waals surface area contributed by atoms with Crippen molar-refractivity contribution in [2.24, 2.45) is 7.05 Å². The smallest absolute Gasteiger partial charge is 0.353 e. The Bertz CT molecular complexity index is 752. The largest absolute Gasteiger partial charge is 0.477 e. The standard InChI is InChI=1S/C18H21N3O2/c1-4-15-14(11-19)16(17(18(22)23)21(15)3)13-7-5-12(6-8-13)9-10-20-2/h5-8,20H,4,9-10H2,1-3H3,(H,22,23). The van der Waals surface area contributed by atoms with Crippen LogP contribution in [-0.4, -0.2) is 29.2 Å². The van der Waals surface area contributed by atoms with Crippen LogP contribution in [0.25, 0.3) is 11.1 Å². The molecular weight excluding hydrogens is 290 g/mol. The zero-order valence-corrected chi connectivity index (χ0v) is 13.7. The normalized spacial score (nSPS) is 10.5. The zero-order chi connectivity index (χ0) is 17.0. The number of nitriles is 1. The average Bonchev–Trinajstić information content (AvgIpc) is 2.85. The minimum absolute atomic E-state index is 0.168. The molecule has 0 saturated carbocycles. The van der Waals surface area contributed by atoms with Crippen LogP contribution in [0.1, 0.15) is 34.2 Å². The highest BCUT2D eigenvalue weighted by Crippen LogP contribution is 2.32. The van der Waals surface area contributed by atoms with Crippen molar-refractivity contribution in [3.8, 4) is 17.2 Å². The van der Waals surface area contributed by atoms with Crippen LogP contribution in [0.5, 0.6) is 0 Å². The molecule has 0 aliphatic rings. The summed E-state index contributed by atoms with van der Waals surface area (Å²) in [4.78, 5) is 11.7. The molecule has 0 atom stereocenters. The molecule has 5 nitrogen and oxygen atoms in total. The predicted molar refractivity (Wildman–Crippen MR) is 89.5 cm³/mol. The van der Waals surface area contributed by atoms with Crippen molar-refractivity contribution in [2.75, 3.05) is 13.6 Å². The first-order valence-electron chi connectivity index (χ1n) is 7.63. The monoisotopic (exact) mass is 311 g/mol. The third-order valence-electron chi connectivity index (χ3n) is 4.07. The molecule has 0 radical (unpaired) electrons. The quantitative estimate of drug-likeness (QED) is 0.859. The summed E-state index contributed by atoms with van der Waals surface area (Å²) >= 11 is 0. The van der Waals surface area contributed by atoms with Gasteiger partial charge in [-0.05, 0) is 37.6 Å². The number of aromatic nitrogens is 1. The Hall–Kier alpha value is -2.58. The molecule has 0 fully saturated rings. The molecule has 0 spiro atoms. The summed E-state index contributed by atoms with van der Waals surface area (Å²) in [7, 11) is 3.61. The van der Waals surface area contributed by atoms with Gasteiger partial charge < -0.3 is 15.0 Å². The Morgan fingerprint density at radius 2 is 2.00 bits per heavy atom. The van der Waals surface area contributed by atoms with Crippen LogP contribution >= 0.6 is 0 Å². The highest BCUT2D eigenvalue weighted by molar-refractivity contribution is 5.97. The van der Waals surface area contributed by atoms with Crippen molar-refractivity contribution in [3.63, 3.8) is 0 Å². The third kappa shape index (κ3) is 3.13. The van der Waals surface area contributed by atoms with E-state index in [1.807, 2.05) is 38.2 Å². The fraction of sp³-hybridized carbons (Fsp3) is 0.333. The maximum atomic E-state index is 11.7. The minimum atomic E-state index is -1.02. The summed E-state index contributed by atoms with van der Waals surface area (Å²) in [5, 5.41) is 22.2. The highest BCUT2D eigenvalue weighted by atomic mass is 16.4. The number of hydrogen-bond donors (Lipinski definition) is 2. The molecule has 1 aromatic carbocycles. The number of rotatable bonds is 6. The number of carboxylic acids is 1. The Labute approximate surface area is 136 Å². The number of aromatic carboxylic acids is 1. The minimum Gasteiger partial charge on any atom is -0.477 e. The van der Waals surface area contributed by atoms with Crippen molar-refractivity contribution in [3.05, 3.63) is 46.8 Å². The molecule has 0 aliphatic heterocycles. The van der Waals surface area contributed by atoms with Gasteiger partial charge in [0.2, 0.25) is 0 Å². The molecule has 0 bridgehead atoms. The lowest BCUT2D eigenvalue weighted by molar-refractivity contribution is 0.0687. The fourth-order valence-corrected chi connectivity index (χ4v) is 2.91. The molecule has 0 aliphatic carbocycles. The first-order valence-corrected chi connectivity index (χ1v) is 7.63. The van der Waals surface area contributed by atoms with E-state index in [2.05, 4.69) is 11.4 Å². The van der Waals surface area contributed by atoms with Gasteiger partial charge in [-0.15, -0.1) is 0 Å². The number of carbonyl (C=O) groups is 1. The van der Waals surface area contributed by atoms with Gasteiger partial charge in [-0.25, -0.2) is 4.79 Å². The molecule has 23 heavy (non-hydrogen) atoms. The lowest BCUT2D eigenvalue weighted by atomic mass is 9.98. The van der Waals surface area contributed by atoms with E-state index in [0.717, 1.165) is 24.2 Å². The van der Waals surface area contributed by atoms with E-state index >= 15 is 0 Å². The molecule has 0 unspecified atom stereocenters. The van der Waals surface area contributed by atoms with Crippen LogP contribution in [-0.2, 0) is 19.9 Å². The summed E-state index contributed by atoms with van der Waals surface area (Å²) in [6.07, 6.45) is 1.52.